The van der Waals surface area contributed by atoms with Crippen molar-refractivity contribution in [2.24, 2.45) is 0 Å². The number of benzene rings is 1. The molecule has 2 aromatic heterocycles. The lowest BCUT2D eigenvalue weighted by atomic mass is 9.96. The molecule has 0 bridgehead atoms. The van der Waals surface area contributed by atoms with Crippen molar-refractivity contribution in [1.29, 1.82) is 0 Å². The smallest absolute Gasteiger partial charge is 0.197 e. The van der Waals surface area contributed by atoms with Crippen molar-refractivity contribution in [3.63, 3.8) is 0 Å². The first kappa shape index (κ1) is 20.0. The van der Waals surface area contributed by atoms with Crippen molar-refractivity contribution in [2.75, 3.05) is 6.61 Å². The molecule has 29 heavy (non-hydrogen) atoms. The van der Waals surface area contributed by atoms with E-state index in [4.69, 9.17) is 9.72 Å². The van der Waals surface area contributed by atoms with Crippen LogP contribution in [0.4, 0.5) is 4.39 Å². The third kappa shape index (κ3) is 4.64. The summed E-state index contributed by atoms with van der Waals surface area (Å²) in [5.74, 6) is 1.21. The molecule has 0 aliphatic carbocycles. The molecule has 1 fully saturated rings. The average Bonchev–Trinajstić information content (AvgIpc) is 3.33. The highest BCUT2D eigenvalue weighted by Gasteiger charge is 2.23. The van der Waals surface area contributed by atoms with Gasteiger partial charge in [0.2, 0.25) is 0 Å². The van der Waals surface area contributed by atoms with Gasteiger partial charge in [-0.15, -0.1) is 10.2 Å². The Hall–Kier alpha value is -2.32. The Bertz CT molecular complexity index is 977. The molecule has 1 saturated heterocycles. The first-order valence-electron chi connectivity index (χ1n) is 9.72. The highest BCUT2D eigenvalue weighted by Crippen LogP contribution is 2.31. The minimum absolute atomic E-state index is 0.125. The third-order valence-electron chi connectivity index (χ3n) is 4.73. The molecular formula is C21H24FN5OS. The molecule has 1 aliphatic heterocycles. The Balaban J connectivity index is 1.68. The van der Waals surface area contributed by atoms with E-state index < -0.39 is 0 Å². The van der Waals surface area contributed by atoms with Crippen LogP contribution in [0, 0.1) is 5.82 Å². The number of hydrogen-bond donors (Lipinski definition) is 0. The van der Waals surface area contributed by atoms with E-state index in [1.165, 1.54) is 23.9 Å². The number of rotatable bonds is 5. The molecule has 3 aromatic rings. The van der Waals surface area contributed by atoms with Gasteiger partial charge in [0.25, 0.3) is 0 Å². The Morgan fingerprint density at radius 1 is 1.17 bits per heavy atom. The van der Waals surface area contributed by atoms with E-state index in [0.717, 1.165) is 41.0 Å². The maximum absolute atomic E-state index is 13.4. The van der Waals surface area contributed by atoms with Crippen LogP contribution in [0.15, 0.2) is 46.7 Å². The van der Waals surface area contributed by atoms with Gasteiger partial charge in [0.05, 0.1) is 12.6 Å². The third-order valence-corrected chi connectivity index (χ3v) is 5.65. The predicted octanol–water partition coefficient (Wildman–Crippen LogP) is 4.50. The number of halogens is 1. The van der Waals surface area contributed by atoms with Crippen LogP contribution in [0.5, 0.6) is 0 Å². The van der Waals surface area contributed by atoms with Gasteiger partial charge in [-0.2, -0.15) is 0 Å². The van der Waals surface area contributed by atoms with E-state index in [0.29, 0.717) is 12.4 Å². The minimum Gasteiger partial charge on any atom is -0.376 e. The summed E-state index contributed by atoms with van der Waals surface area (Å²) in [6.07, 6.45) is 3.96. The van der Waals surface area contributed by atoms with Gasteiger partial charge in [-0.3, -0.25) is 4.57 Å². The normalized spacial score (nSPS) is 17.0. The zero-order valence-corrected chi connectivity index (χ0v) is 17.6. The Labute approximate surface area is 173 Å². The van der Waals surface area contributed by atoms with Crippen molar-refractivity contribution in [2.45, 2.75) is 61.9 Å². The fraction of sp³-hybridized carbons (Fsp3) is 0.429. The summed E-state index contributed by atoms with van der Waals surface area (Å²) < 4.78 is 21.3. The molecule has 0 amide bonds. The molecule has 1 atom stereocenters. The molecule has 0 spiro atoms. The molecule has 1 unspecified atom stereocenters. The molecule has 8 heteroatoms. The summed E-state index contributed by atoms with van der Waals surface area (Å²) in [5.41, 5.74) is 0.683. The largest absolute Gasteiger partial charge is 0.376 e. The second-order valence-corrected chi connectivity index (χ2v) is 9.12. The van der Waals surface area contributed by atoms with Crippen molar-refractivity contribution < 1.29 is 9.13 Å². The van der Waals surface area contributed by atoms with Crippen LogP contribution >= 0.6 is 11.8 Å². The molecular weight excluding hydrogens is 389 g/mol. The number of aromatic nitrogens is 5. The van der Waals surface area contributed by atoms with Gasteiger partial charge in [-0.1, -0.05) is 20.8 Å². The molecule has 1 aromatic carbocycles. The lowest BCUT2D eigenvalue weighted by Crippen LogP contribution is -2.17. The minimum atomic E-state index is -0.274. The van der Waals surface area contributed by atoms with Crippen LogP contribution in [0.25, 0.3) is 11.4 Å². The summed E-state index contributed by atoms with van der Waals surface area (Å²) in [6.45, 7) is 7.69. The summed E-state index contributed by atoms with van der Waals surface area (Å²) in [7, 11) is 0. The summed E-state index contributed by atoms with van der Waals surface area (Å²) in [6, 6.07) is 8.20. The van der Waals surface area contributed by atoms with Crippen LogP contribution in [-0.4, -0.2) is 37.4 Å². The van der Waals surface area contributed by atoms with Gasteiger partial charge < -0.3 is 4.74 Å². The maximum atomic E-state index is 13.4. The van der Waals surface area contributed by atoms with Gasteiger partial charge >= 0.3 is 0 Å². The molecule has 0 saturated carbocycles. The van der Waals surface area contributed by atoms with Crippen molar-refractivity contribution in [1.82, 2.24) is 24.7 Å². The SMILES string of the molecule is CC(C)(C)c1nccc(Sc2nnc(-c3ccc(F)cc3)n2CC2CCCO2)n1. The van der Waals surface area contributed by atoms with Crippen molar-refractivity contribution >= 4 is 11.8 Å². The predicted molar refractivity (Wildman–Crippen MR) is 109 cm³/mol. The Morgan fingerprint density at radius 3 is 2.66 bits per heavy atom. The van der Waals surface area contributed by atoms with E-state index in [-0.39, 0.29) is 17.3 Å². The van der Waals surface area contributed by atoms with Crippen molar-refractivity contribution in [3.8, 4) is 11.4 Å². The van der Waals surface area contributed by atoms with Crippen molar-refractivity contribution in [3.05, 3.63) is 48.2 Å². The number of ether oxygens (including phenoxy) is 1. The highest BCUT2D eigenvalue weighted by atomic mass is 32.2. The topological polar surface area (TPSA) is 65.7 Å². The van der Waals surface area contributed by atoms with E-state index in [1.807, 2.05) is 10.6 Å². The Kier molecular flexibility index (Phi) is 5.65. The lowest BCUT2D eigenvalue weighted by Gasteiger charge is -2.17. The van der Waals surface area contributed by atoms with Crippen LogP contribution in [0.2, 0.25) is 0 Å². The summed E-state index contributed by atoms with van der Waals surface area (Å²) >= 11 is 1.46. The second kappa shape index (κ2) is 8.20. The standard InChI is InChI=1S/C21H24FN5OS/c1-21(2,3)19-23-11-10-17(24-19)29-20-26-25-18(14-6-8-15(22)9-7-14)27(20)13-16-5-4-12-28-16/h6-11,16H,4-5,12-13H2,1-3H3. The molecule has 0 radical (unpaired) electrons. The number of nitrogens with zero attached hydrogens (tertiary/aromatic N) is 5. The quantitative estimate of drug-likeness (QED) is 0.574. The van der Waals surface area contributed by atoms with E-state index in [1.54, 1.807) is 18.3 Å². The van der Waals surface area contributed by atoms with Crippen LogP contribution < -0.4 is 0 Å². The van der Waals surface area contributed by atoms with Gasteiger partial charge in [-0.05, 0) is 54.9 Å². The van der Waals surface area contributed by atoms with Crippen LogP contribution in [-0.2, 0) is 16.7 Å². The van der Waals surface area contributed by atoms with Crippen LogP contribution in [0.1, 0.15) is 39.4 Å². The molecule has 3 heterocycles. The first-order chi connectivity index (χ1) is 13.9. The first-order valence-corrected chi connectivity index (χ1v) is 10.5. The zero-order chi connectivity index (χ0) is 20.4. The molecule has 6 nitrogen and oxygen atoms in total. The average molecular weight is 414 g/mol. The molecule has 152 valence electrons. The summed E-state index contributed by atoms with van der Waals surface area (Å²) in [4.78, 5) is 9.09. The summed E-state index contributed by atoms with van der Waals surface area (Å²) in [5, 5.41) is 10.4. The molecule has 1 aliphatic rings. The van der Waals surface area contributed by atoms with E-state index in [2.05, 4.69) is 36.0 Å². The highest BCUT2D eigenvalue weighted by molar-refractivity contribution is 7.99. The fourth-order valence-electron chi connectivity index (χ4n) is 3.19. The molecule has 4 rings (SSSR count). The maximum Gasteiger partial charge on any atom is 0.197 e. The van der Waals surface area contributed by atoms with Gasteiger partial charge in [0.15, 0.2) is 11.0 Å². The zero-order valence-electron chi connectivity index (χ0n) is 16.8. The van der Waals surface area contributed by atoms with E-state index >= 15 is 0 Å². The van der Waals surface area contributed by atoms with Gasteiger partial charge in [-0.25, -0.2) is 14.4 Å². The number of hydrogen-bond acceptors (Lipinski definition) is 6. The van der Waals surface area contributed by atoms with Gasteiger partial charge in [0, 0.05) is 23.8 Å². The van der Waals surface area contributed by atoms with Crippen LogP contribution in [0.3, 0.4) is 0 Å². The van der Waals surface area contributed by atoms with E-state index in [9.17, 15) is 4.39 Å². The molecule has 0 N–H and O–H groups in total. The second-order valence-electron chi connectivity index (χ2n) is 8.13. The monoisotopic (exact) mass is 413 g/mol. The Morgan fingerprint density at radius 2 is 1.97 bits per heavy atom. The van der Waals surface area contributed by atoms with Gasteiger partial charge in [0.1, 0.15) is 16.7 Å². The lowest BCUT2D eigenvalue weighted by molar-refractivity contribution is 0.0953. The fourth-order valence-corrected chi connectivity index (χ4v) is 3.99.